The van der Waals surface area contributed by atoms with Crippen LogP contribution in [-0.4, -0.2) is 28.3 Å². The summed E-state index contributed by atoms with van der Waals surface area (Å²) in [6, 6.07) is 0. The Kier molecular flexibility index (Phi) is 2.65. The van der Waals surface area contributed by atoms with Crippen LogP contribution in [0.4, 0.5) is 5.69 Å². The van der Waals surface area contributed by atoms with Crippen LogP contribution in [0.2, 0.25) is 0 Å². The van der Waals surface area contributed by atoms with Crippen molar-refractivity contribution in [3.63, 3.8) is 0 Å². The van der Waals surface area contributed by atoms with Gasteiger partial charge < -0.3 is 20.6 Å². The fraction of sp³-hybridized carbons (Fsp3) is 0.333. The minimum Gasteiger partial charge on any atom is -0.474 e. The van der Waals surface area contributed by atoms with E-state index in [0.29, 0.717) is 0 Å². The fourth-order valence-electron chi connectivity index (χ4n) is 0.651. The number of anilines is 1. The lowest BCUT2D eigenvalue weighted by Crippen LogP contribution is -2.15. The minimum absolute atomic E-state index is 0.0489. The molecule has 1 aromatic heterocycles. The molecular formula is C6H9N3O3. The first-order chi connectivity index (χ1) is 5.75. The number of nitrogens with zero attached hydrogens (tertiary/aromatic N) is 1. The lowest BCUT2D eigenvalue weighted by Gasteiger charge is -2.03. The average molecular weight is 171 g/mol. The summed E-state index contributed by atoms with van der Waals surface area (Å²) in [6.07, 6.45) is 1.19. The molecule has 1 rings (SSSR count). The Morgan fingerprint density at radius 1 is 1.75 bits per heavy atom. The molecular weight excluding hydrogens is 162 g/mol. The Balaban J connectivity index is 2.85. The lowest BCUT2D eigenvalue weighted by molar-refractivity contribution is 0.197. The van der Waals surface area contributed by atoms with Crippen molar-refractivity contribution in [1.82, 2.24) is 9.97 Å². The van der Waals surface area contributed by atoms with Crippen molar-refractivity contribution in [1.29, 1.82) is 0 Å². The summed E-state index contributed by atoms with van der Waals surface area (Å²) in [5, 5.41) is 8.41. The predicted octanol–water partition coefficient (Wildman–Crippen LogP) is -1.28. The van der Waals surface area contributed by atoms with E-state index < -0.39 is 5.56 Å². The van der Waals surface area contributed by atoms with Crippen molar-refractivity contribution in [2.75, 3.05) is 18.9 Å². The van der Waals surface area contributed by atoms with E-state index in [-0.39, 0.29) is 24.8 Å². The van der Waals surface area contributed by atoms with Crippen molar-refractivity contribution in [2.45, 2.75) is 0 Å². The molecule has 0 aliphatic carbocycles. The number of aromatic amines is 1. The fourth-order valence-corrected chi connectivity index (χ4v) is 0.651. The van der Waals surface area contributed by atoms with E-state index in [0.717, 1.165) is 0 Å². The molecule has 1 aromatic rings. The second-order valence-electron chi connectivity index (χ2n) is 2.02. The summed E-state index contributed by atoms with van der Waals surface area (Å²) in [7, 11) is 0. The van der Waals surface area contributed by atoms with E-state index in [1.165, 1.54) is 6.33 Å². The number of aromatic nitrogens is 2. The Hall–Kier alpha value is -1.56. The second kappa shape index (κ2) is 3.72. The van der Waals surface area contributed by atoms with E-state index in [1.807, 2.05) is 0 Å². The highest BCUT2D eigenvalue weighted by atomic mass is 16.5. The van der Waals surface area contributed by atoms with Gasteiger partial charge in [0.25, 0.3) is 5.56 Å². The number of rotatable bonds is 3. The van der Waals surface area contributed by atoms with Crippen LogP contribution in [0.1, 0.15) is 0 Å². The molecule has 0 aliphatic rings. The minimum atomic E-state index is -0.446. The number of hydrogen-bond acceptors (Lipinski definition) is 5. The van der Waals surface area contributed by atoms with Gasteiger partial charge in [-0.25, -0.2) is 4.98 Å². The van der Waals surface area contributed by atoms with Crippen LogP contribution in [0.3, 0.4) is 0 Å². The molecule has 1 heterocycles. The Bertz CT molecular complexity index is 309. The highest BCUT2D eigenvalue weighted by Crippen LogP contribution is 2.09. The molecule has 6 heteroatoms. The number of H-pyrrole nitrogens is 1. The zero-order chi connectivity index (χ0) is 8.97. The van der Waals surface area contributed by atoms with E-state index in [1.54, 1.807) is 0 Å². The highest BCUT2D eigenvalue weighted by Gasteiger charge is 2.03. The van der Waals surface area contributed by atoms with Gasteiger partial charge in [0, 0.05) is 0 Å². The molecule has 4 N–H and O–H groups in total. The lowest BCUT2D eigenvalue weighted by atomic mass is 10.5. The van der Waals surface area contributed by atoms with E-state index >= 15 is 0 Å². The third-order valence-electron chi connectivity index (χ3n) is 1.18. The summed E-state index contributed by atoms with van der Waals surface area (Å²) in [5.74, 6) is 0.0489. The van der Waals surface area contributed by atoms with Gasteiger partial charge in [0.1, 0.15) is 6.61 Å². The molecule has 0 bridgehead atoms. The maximum Gasteiger partial charge on any atom is 0.277 e. The van der Waals surface area contributed by atoms with Crippen LogP contribution >= 0.6 is 0 Å². The Morgan fingerprint density at radius 3 is 3.17 bits per heavy atom. The molecule has 0 saturated carbocycles. The number of aliphatic hydroxyl groups excluding tert-OH is 1. The number of nitrogens with one attached hydrogen (secondary N) is 1. The zero-order valence-corrected chi connectivity index (χ0v) is 6.28. The molecule has 6 nitrogen and oxygen atoms in total. The Labute approximate surface area is 68.0 Å². The quantitative estimate of drug-likeness (QED) is 0.526. The summed E-state index contributed by atoms with van der Waals surface area (Å²) in [6.45, 7) is -0.0748. The predicted molar refractivity (Wildman–Crippen MR) is 41.9 cm³/mol. The number of ether oxygens (including phenoxy) is 1. The third-order valence-corrected chi connectivity index (χ3v) is 1.18. The molecule has 0 saturated heterocycles. The van der Waals surface area contributed by atoms with Gasteiger partial charge in [0.15, 0.2) is 5.69 Å². The topological polar surface area (TPSA) is 101 Å². The molecule has 0 fully saturated rings. The number of aliphatic hydroxyl groups is 1. The van der Waals surface area contributed by atoms with Crippen LogP contribution in [0.5, 0.6) is 5.88 Å². The molecule has 66 valence electrons. The van der Waals surface area contributed by atoms with Crippen molar-refractivity contribution in [2.24, 2.45) is 0 Å². The Morgan fingerprint density at radius 2 is 2.50 bits per heavy atom. The maximum absolute atomic E-state index is 10.8. The van der Waals surface area contributed by atoms with Gasteiger partial charge in [-0.3, -0.25) is 4.79 Å². The molecule has 0 atom stereocenters. The van der Waals surface area contributed by atoms with E-state index in [2.05, 4.69) is 9.97 Å². The standard InChI is InChI=1S/C6H9N3O3/c7-4-5(11)8-3-9-6(4)12-2-1-10/h3,10H,1-2,7H2,(H,8,9,11). The van der Waals surface area contributed by atoms with Crippen molar-refractivity contribution < 1.29 is 9.84 Å². The van der Waals surface area contributed by atoms with Crippen LogP contribution in [0, 0.1) is 0 Å². The second-order valence-corrected chi connectivity index (χ2v) is 2.02. The number of nitrogens with two attached hydrogens (primary N) is 1. The van der Waals surface area contributed by atoms with Crippen molar-refractivity contribution >= 4 is 5.69 Å². The van der Waals surface area contributed by atoms with Gasteiger partial charge in [0.05, 0.1) is 12.9 Å². The SMILES string of the molecule is Nc1c(OCCO)nc[nH]c1=O. The monoisotopic (exact) mass is 171 g/mol. The van der Waals surface area contributed by atoms with Crippen molar-refractivity contribution in [3.05, 3.63) is 16.7 Å². The first-order valence-corrected chi connectivity index (χ1v) is 3.32. The normalized spacial score (nSPS) is 9.75. The number of hydrogen-bond donors (Lipinski definition) is 3. The zero-order valence-electron chi connectivity index (χ0n) is 6.28. The molecule has 12 heavy (non-hydrogen) atoms. The maximum atomic E-state index is 10.8. The van der Waals surface area contributed by atoms with Crippen LogP contribution in [0.15, 0.2) is 11.1 Å². The molecule has 0 aliphatic heterocycles. The summed E-state index contributed by atoms with van der Waals surface area (Å²) < 4.78 is 4.86. The van der Waals surface area contributed by atoms with Gasteiger partial charge in [-0.1, -0.05) is 0 Å². The highest BCUT2D eigenvalue weighted by molar-refractivity contribution is 5.44. The van der Waals surface area contributed by atoms with Gasteiger partial charge in [-0.05, 0) is 0 Å². The summed E-state index contributed by atoms with van der Waals surface area (Å²) in [4.78, 5) is 16.8. The average Bonchev–Trinajstić information content (AvgIpc) is 2.08. The van der Waals surface area contributed by atoms with Crippen LogP contribution in [-0.2, 0) is 0 Å². The molecule has 0 amide bonds. The molecule has 0 radical (unpaired) electrons. The van der Waals surface area contributed by atoms with Gasteiger partial charge >= 0.3 is 0 Å². The summed E-state index contributed by atoms with van der Waals surface area (Å²) in [5.41, 5.74) is 4.79. The van der Waals surface area contributed by atoms with E-state index in [9.17, 15) is 4.79 Å². The third kappa shape index (κ3) is 1.73. The number of nitrogen functional groups attached to an aromatic ring is 1. The van der Waals surface area contributed by atoms with Gasteiger partial charge in [-0.15, -0.1) is 0 Å². The molecule has 0 spiro atoms. The van der Waals surface area contributed by atoms with E-state index in [4.69, 9.17) is 15.6 Å². The van der Waals surface area contributed by atoms with Crippen molar-refractivity contribution in [3.8, 4) is 5.88 Å². The largest absolute Gasteiger partial charge is 0.474 e. The first kappa shape index (κ1) is 8.54. The van der Waals surface area contributed by atoms with Crippen LogP contribution in [0.25, 0.3) is 0 Å². The van der Waals surface area contributed by atoms with Gasteiger partial charge in [-0.2, -0.15) is 0 Å². The van der Waals surface area contributed by atoms with Crippen LogP contribution < -0.4 is 16.0 Å². The smallest absolute Gasteiger partial charge is 0.277 e. The summed E-state index contributed by atoms with van der Waals surface area (Å²) >= 11 is 0. The van der Waals surface area contributed by atoms with Gasteiger partial charge in [0.2, 0.25) is 5.88 Å². The first-order valence-electron chi connectivity index (χ1n) is 3.32. The molecule has 0 aromatic carbocycles. The molecule has 0 unspecified atom stereocenters.